The van der Waals surface area contributed by atoms with Crippen molar-refractivity contribution in [2.24, 2.45) is 5.92 Å². The Hall–Kier alpha value is -1.14. The minimum Gasteiger partial charge on any atom is -0.480 e. The third-order valence-corrected chi connectivity index (χ3v) is 3.56. The topological polar surface area (TPSA) is 72.9 Å². The number of hydrogen-bond acceptors (Lipinski definition) is 4. The van der Waals surface area contributed by atoms with Crippen molar-refractivity contribution in [1.29, 1.82) is 0 Å². The third-order valence-electron chi connectivity index (χ3n) is 3.56. The summed E-state index contributed by atoms with van der Waals surface area (Å²) in [4.78, 5) is 27.1. The van der Waals surface area contributed by atoms with Gasteiger partial charge in [-0.3, -0.25) is 14.5 Å². The molecule has 110 valence electrons. The maximum Gasteiger partial charge on any atom is 0.322 e. The number of aliphatic carboxylic acids is 1. The highest BCUT2D eigenvalue weighted by atomic mass is 16.4. The number of carbonyl (C=O) groups is 2. The number of nitrogens with one attached hydrogen (secondary N) is 1. The fourth-order valence-corrected chi connectivity index (χ4v) is 2.52. The first-order valence-electron chi connectivity index (χ1n) is 6.91. The van der Waals surface area contributed by atoms with Crippen molar-refractivity contribution in [2.75, 3.05) is 39.3 Å². The van der Waals surface area contributed by atoms with Crippen LogP contribution in [0.15, 0.2) is 0 Å². The molecule has 1 rings (SSSR count). The number of carbonyl (C=O) groups excluding carboxylic acids is 1. The molecular formula is C13H25N3O3. The van der Waals surface area contributed by atoms with Crippen LogP contribution < -0.4 is 5.32 Å². The van der Waals surface area contributed by atoms with Gasteiger partial charge >= 0.3 is 5.97 Å². The molecule has 0 bridgehead atoms. The molecule has 0 spiro atoms. The number of rotatable bonds is 6. The van der Waals surface area contributed by atoms with Crippen LogP contribution in [-0.2, 0) is 9.59 Å². The molecule has 1 aliphatic heterocycles. The van der Waals surface area contributed by atoms with E-state index in [2.05, 4.69) is 22.0 Å². The Morgan fingerprint density at radius 2 is 1.79 bits per heavy atom. The minimum absolute atomic E-state index is 0.168. The Morgan fingerprint density at radius 3 is 2.21 bits per heavy atom. The van der Waals surface area contributed by atoms with Gasteiger partial charge in [-0.05, 0) is 12.5 Å². The molecule has 0 aromatic carbocycles. The SMILES string of the molecule is CCN1CCN(C(C(=O)NCC(=O)O)C(C)C)CC1. The molecule has 6 heteroatoms. The first-order valence-corrected chi connectivity index (χ1v) is 6.91. The summed E-state index contributed by atoms with van der Waals surface area (Å²) in [5.41, 5.74) is 0. The largest absolute Gasteiger partial charge is 0.480 e. The Kier molecular flexibility index (Phi) is 6.24. The number of carboxylic acids is 1. The summed E-state index contributed by atoms with van der Waals surface area (Å²) in [6.07, 6.45) is 0. The molecule has 1 saturated heterocycles. The van der Waals surface area contributed by atoms with Crippen molar-refractivity contribution >= 4 is 11.9 Å². The van der Waals surface area contributed by atoms with Crippen molar-refractivity contribution in [3.63, 3.8) is 0 Å². The monoisotopic (exact) mass is 271 g/mol. The molecule has 0 aromatic heterocycles. The second-order valence-electron chi connectivity index (χ2n) is 5.27. The predicted molar refractivity (Wildman–Crippen MR) is 73.0 cm³/mol. The van der Waals surface area contributed by atoms with E-state index in [0.717, 1.165) is 32.7 Å². The van der Waals surface area contributed by atoms with Crippen LogP contribution in [0.1, 0.15) is 20.8 Å². The Labute approximate surface area is 114 Å². The Bertz CT molecular complexity index is 312. The number of hydrogen-bond donors (Lipinski definition) is 2. The van der Waals surface area contributed by atoms with Gasteiger partial charge in [0.2, 0.25) is 5.91 Å². The highest BCUT2D eigenvalue weighted by Crippen LogP contribution is 2.14. The van der Waals surface area contributed by atoms with Gasteiger partial charge in [0.15, 0.2) is 0 Å². The van der Waals surface area contributed by atoms with E-state index in [1.54, 1.807) is 0 Å². The first-order chi connectivity index (χ1) is 8.95. The van der Waals surface area contributed by atoms with Gasteiger partial charge in [0.1, 0.15) is 6.54 Å². The molecule has 1 aliphatic rings. The van der Waals surface area contributed by atoms with Crippen LogP contribution in [0.4, 0.5) is 0 Å². The maximum atomic E-state index is 12.1. The van der Waals surface area contributed by atoms with Crippen LogP contribution in [-0.4, -0.2) is 72.1 Å². The summed E-state index contributed by atoms with van der Waals surface area (Å²) >= 11 is 0. The zero-order valence-corrected chi connectivity index (χ0v) is 12.1. The molecule has 1 heterocycles. The van der Waals surface area contributed by atoms with Crippen LogP contribution in [0.25, 0.3) is 0 Å². The maximum absolute atomic E-state index is 12.1. The number of nitrogens with zero attached hydrogens (tertiary/aromatic N) is 2. The fourth-order valence-electron chi connectivity index (χ4n) is 2.52. The van der Waals surface area contributed by atoms with Crippen molar-refractivity contribution < 1.29 is 14.7 Å². The Morgan fingerprint density at radius 1 is 1.21 bits per heavy atom. The van der Waals surface area contributed by atoms with E-state index < -0.39 is 5.97 Å². The highest BCUT2D eigenvalue weighted by Gasteiger charge is 2.31. The molecule has 1 atom stereocenters. The average molecular weight is 271 g/mol. The van der Waals surface area contributed by atoms with E-state index in [1.165, 1.54) is 0 Å². The minimum atomic E-state index is -1.01. The molecule has 6 nitrogen and oxygen atoms in total. The summed E-state index contributed by atoms with van der Waals surface area (Å²) in [7, 11) is 0. The van der Waals surface area contributed by atoms with Gasteiger partial charge in [0.05, 0.1) is 6.04 Å². The van der Waals surface area contributed by atoms with E-state index in [-0.39, 0.29) is 24.4 Å². The quantitative estimate of drug-likeness (QED) is 0.703. The van der Waals surface area contributed by atoms with Crippen LogP contribution in [0.5, 0.6) is 0 Å². The second kappa shape index (κ2) is 7.45. The zero-order chi connectivity index (χ0) is 14.4. The van der Waals surface area contributed by atoms with Gasteiger partial charge in [-0.2, -0.15) is 0 Å². The lowest BCUT2D eigenvalue weighted by molar-refractivity contribution is -0.139. The average Bonchev–Trinajstić information content (AvgIpc) is 2.37. The molecule has 19 heavy (non-hydrogen) atoms. The molecule has 1 unspecified atom stereocenters. The fraction of sp³-hybridized carbons (Fsp3) is 0.846. The van der Waals surface area contributed by atoms with Gasteiger partial charge in [-0.1, -0.05) is 20.8 Å². The van der Waals surface area contributed by atoms with Gasteiger partial charge in [0, 0.05) is 26.2 Å². The van der Waals surface area contributed by atoms with E-state index in [4.69, 9.17) is 5.11 Å². The highest BCUT2D eigenvalue weighted by molar-refractivity contribution is 5.85. The predicted octanol–water partition coefficient (Wildman–Crippen LogP) is -0.151. The third kappa shape index (κ3) is 4.80. The summed E-state index contributed by atoms with van der Waals surface area (Å²) in [5, 5.41) is 11.1. The lowest BCUT2D eigenvalue weighted by atomic mass is 10.0. The van der Waals surface area contributed by atoms with Crippen molar-refractivity contribution in [3.05, 3.63) is 0 Å². The summed E-state index contributed by atoms with van der Waals surface area (Å²) < 4.78 is 0. The molecule has 0 aromatic rings. The lowest BCUT2D eigenvalue weighted by Gasteiger charge is -2.39. The molecule has 0 radical (unpaired) electrons. The molecule has 1 amide bonds. The van der Waals surface area contributed by atoms with Gasteiger partial charge in [-0.15, -0.1) is 0 Å². The number of carboxylic acid groups (broad SMARTS) is 1. The zero-order valence-electron chi connectivity index (χ0n) is 12.1. The van der Waals surface area contributed by atoms with E-state index in [0.29, 0.717) is 0 Å². The standard InChI is InChI=1S/C13H25N3O3/c1-4-15-5-7-16(8-6-15)12(10(2)3)13(19)14-9-11(17)18/h10,12H,4-9H2,1-3H3,(H,14,19)(H,17,18). The van der Waals surface area contributed by atoms with Crippen LogP contribution >= 0.6 is 0 Å². The van der Waals surface area contributed by atoms with Gasteiger partial charge < -0.3 is 15.3 Å². The molecule has 1 fully saturated rings. The van der Waals surface area contributed by atoms with Gasteiger partial charge in [0.25, 0.3) is 0 Å². The van der Waals surface area contributed by atoms with Crippen molar-refractivity contribution in [2.45, 2.75) is 26.8 Å². The molecular weight excluding hydrogens is 246 g/mol. The molecule has 0 aliphatic carbocycles. The summed E-state index contributed by atoms with van der Waals surface area (Å²) in [6, 6.07) is -0.238. The number of likely N-dealkylation sites (N-methyl/N-ethyl adjacent to an activating group) is 1. The Balaban J connectivity index is 2.57. The van der Waals surface area contributed by atoms with Crippen molar-refractivity contribution in [3.8, 4) is 0 Å². The molecule has 0 saturated carbocycles. The lowest BCUT2D eigenvalue weighted by Crippen LogP contribution is -2.57. The van der Waals surface area contributed by atoms with Crippen LogP contribution in [0, 0.1) is 5.92 Å². The number of piperazine rings is 1. The summed E-state index contributed by atoms with van der Waals surface area (Å²) in [6.45, 7) is 10.5. The van der Waals surface area contributed by atoms with E-state index in [1.807, 2.05) is 13.8 Å². The van der Waals surface area contributed by atoms with Crippen LogP contribution in [0.3, 0.4) is 0 Å². The number of amides is 1. The second-order valence-corrected chi connectivity index (χ2v) is 5.27. The van der Waals surface area contributed by atoms with Crippen LogP contribution in [0.2, 0.25) is 0 Å². The normalized spacial score (nSPS) is 19.4. The van der Waals surface area contributed by atoms with Gasteiger partial charge in [-0.25, -0.2) is 0 Å². The first kappa shape index (κ1) is 15.9. The van der Waals surface area contributed by atoms with E-state index >= 15 is 0 Å². The van der Waals surface area contributed by atoms with Crippen molar-refractivity contribution in [1.82, 2.24) is 15.1 Å². The summed E-state index contributed by atoms with van der Waals surface area (Å²) in [5.74, 6) is -1.02. The smallest absolute Gasteiger partial charge is 0.322 e. The molecule has 2 N–H and O–H groups in total. The van der Waals surface area contributed by atoms with E-state index in [9.17, 15) is 9.59 Å².